The monoisotopic (exact) mass is 1310 g/mol. The summed E-state index contributed by atoms with van der Waals surface area (Å²) in [4.78, 5) is 175. The van der Waals surface area contributed by atoms with Gasteiger partial charge in [-0.05, 0) is 126 Å². The van der Waals surface area contributed by atoms with Gasteiger partial charge in [0, 0.05) is 55.0 Å². The summed E-state index contributed by atoms with van der Waals surface area (Å²) >= 11 is 0. The molecular weight excluding hydrogens is 1190 g/mol. The first-order valence-electron chi connectivity index (χ1n) is 33.3. The van der Waals surface area contributed by atoms with Crippen molar-refractivity contribution in [3.63, 3.8) is 0 Å². The van der Waals surface area contributed by atoms with Crippen LogP contribution in [0.15, 0.2) is 18.3 Å². The molecule has 1 aromatic heterocycles. The highest BCUT2D eigenvalue weighted by Gasteiger charge is 2.46. The van der Waals surface area contributed by atoms with Gasteiger partial charge in [0.15, 0.2) is 0 Å². The number of methoxy groups -OCH3 is 1. The standard InChI is InChI=1S/C68H118N12O13/c1-26-49-64(88)74(18)46(17)63(87)75(19)51(33-38(4)5)60(84)73-54(41(10)11)67(91)76(20)50(32-37(2)3)59(83)70-44(15)58(82)71-45(16)62(86)77(21)52(34-39(6)7)65(89)78(22)53(35-40(8)9)66(90)79(23)55(42(12)13)68(92)80(24)56(61(85)72-49)57(81)43(14)28-27-29-47-30-31-48(93-25)36-69-47/h30-31,36-46,49-57,81H,26-29,32-35H2,1-25H3,(H,70,83)(H,71,82)(H,72,85)(H,73,84)/t43-,44+,45-,46-,49+,50+,51+,52+,53+,54+,55+,56-,57-/m1/s1. The highest BCUT2D eigenvalue weighted by Crippen LogP contribution is 2.27. The van der Waals surface area contributed by atoms with Crippen LogP contribution in [0, 0.1) is 41.4 Å². The van der Waals surface area contributed by atoms with Gasteiger partial charge >= 0.3 is 0 Å². The number of nitrogens with one attached hydrogen (secondary N) is 4. The number of amides is 11. The molecule has 0 aromatic carbocycles. The van der Waals surface area contributed by atoms with Gasteiger partial charge in [-0.25, -0.2) is 0 Å². The maximum atomic E-state index is 15.4. The average molecular weight is 1310 g/mol. The molecule has 93 heavy (non-hydrogen) atoms. The second-order valence-electron chi connectivity index (χ2n) is 28.2. The Morgan fingerprint density at radius 3 is 1.37 bits per heavy atom. The molecule has 0 bridgehead atoms. The number of rotatable bonds is 18. The quantitative estimate of drug-likeness (QED) is 0.138. The molecule has 13 atom stereocenters. The van der Waals surface area contributed by atoms with E-state index in [1.54, 1.807) is 53.8 Å². The number of likely N-dealkylation sites (N-methyl/N-ethyl adjacent to an activating group) is 7. The summed E-state index contributed by atoms with van der Waals surface area (Å²) in [6, 6.07) is -10.2. The van der Waals surface area contributed by atoms with Crippen molar-refractivity contribution in [2.45, 2.75) is 242 Å². The minimum Gasteiger partial charge on any atom is -0.495 e. The number of aliphatic hydroxyl groups is 1. The van der Waals surface area contributed by atoms with Crippen LogP contribution in [0.4, 0.5) is 0 Å². The molecule has 528 valence electrons. The lowest BCUT2D eigenvalue weighted by Gasteiger charge is -2.41. The van der Waals surface area contributed by atoms with E-state index in [9.17, 15) is 38.7 Å². The fourth-order valence-electron chi connectivity index (χ4n) is 11.9. The van der Waals surface area contributed by atoms with Crippen molar-refractivity contribution < 1.29 is 62.6 Å². The molecule has 0 aliphatic carbocycles. The Morgan fingerprint density at radius 2 is 0.914 bits per heavy atom. The summed E-state index contributed by atoms with van der Waals surface area (Å²) in [6.45, 7) is 29.6. The van der Waals surface area contributed by atoms with Crippen LogP contribution < -0.4 is 26.0 Å². The Kier molecular flexibility index (Phi) is 32.9. The molecule has 5 N–H and O–H groups in total. The zero-order chi connectivity index (χ0) is 71.5. The molecule has 0 spiro atoms. The maximum absolute atomic E-state index is 15.4. The second-order valence-corrected chi connectivity index (χ2v) is 28.2. The molecule has 1 aromatic rings. The van der Waals surface area contributed by atoms with Gasteiger partial charge in [0.2, 0.25) is 65.0 Å². The molecule has 11 amide bonds. The SMILES string of the molecule is CC[C@@H]1NC(=O)[C@@H]([C@H](O)[C@H](C)CCCc2ccc(OC)cn2)N(C)C(=O)[C@H](C(C)C)N(C)C(=O)[C@H](CC(C)C)N(C)C(=O)[C@H](CC(C)C)N(C)C(=O)[C@@H](C)NC(=O)[C@H](C)NC(=O)[C@H](CC(C)C)N(C)C(=O)[C@H](C(C)C)NC(=O)[C@H](CC(C)C)N(C)C(=O)[C@@H](C)N(C)C1=O. The van der Waals surface area contributed by atoms with Crippen molar-refractivity contribution in [3.8, 4) is 5.75 Å². The topological polar surface area (TPSA) is 301 Å². The number of hydrogen-bond donors (Lipinski definition) is 5. The molecule has 1 fully saturated rings. The second kappa shape index (κ2) is 37.2. The third-order valence-electron chi connectivity index (χ3n) is 18.0. The summed E-state index contributed by atoms with van der Waals surface area (Å²) in [7, 11) is 11.5. The summed E-state index contributed by atoms with van der Waals surface area (Å²) in [5.74, 6) is -9.36. The van der Waals surface area contributed by atoms with E-state index in [0.717, 1.165) is 15.5 Å². The highest BCUT2D eigenvalue weighted by atomic mass is 16.5. The van der Waals surface area contributed by atoms with Crippen molar-refractivity contribution in [2.24, 2.45) is 41.4 Å². The van der Waals surface area contributed by atoms with Gasteiger partial charge in [0.05, 0.1) is 19.4 Å². The number of nitrogens with zero attached hydrogens (tertiary/aromatic N) is 8. The van der Waals surface area contributed by atoms with Gasteiger partial charge in [0.25, 0.3) is 0 Å². The molecule has 2 rings (SSSR count). The van der Waals surface area contributed by atoms with Gasteiger partial charge < -0.3 is 65.4 Å². The van der Waals surface area contributed by atoms with E-state index in [1.807, 2.05) is 61.5 Å². The summed E-state index contributed by atoms with van der Waals surface area (Å²) in [6.07, 6.45) is 2.01. The number of aryl methyl sites for hydroxylation is 1. The normalized spacial score (nSPS) is 26.3. The molecular formula is C68H118N12O13. The predicted molar refractivity (Wildman–Crippen MR) is 357 cm³/mol. The summed E-state index contributed by atoms with van der Waals surface area (Å²) < 4.78 is 5.26. The van der Waals surface area contributed by atoms with Crippen molar-refractivity contribution in [2.75, 3.05) is 56.4 Å². The lowest BCUT2D eigenvalue weighted by Crippen LogP contribution is -2.64. The van der Waals surface area contributed by atoms with Crippen molar-refractivity contribution in [1.82, 2.24) is 60.6 Å². The first kappa shape index (κ1) is 82.2. The van der Waals surface area contributed by atoms with Gasteiger partial charge in [-0.2, -0.15) is 0 Å². The molecule has 1 saturated heterocycles. The van der Waals surface area contributed by atoms with Crippen LogP contribution in [0.1, 0.15) is 168 Å². The number of hydrogen-bond acceptors (Lipinski definition) is 14. The fourth-order valence-corrected chi connectivity index (χ4v) is 11.9. The van der Waals surface area contributed by atoms with Gasteiger partial charge in [0.1, 0.15) is 72.2 Å². The molecule has 1 aliphatic rings. The van der Waals surface area contributed by atoms with Crippen LogP contribution in [0.2, 0.25) is 0 Å². The van der Waals surface area contributed by atoms with Gasteiger partial charge in [-0.3, -0.25) is 57.7 Å². The highest BCUT2D eigenvalue weighted by molar-refractivity contribution is 6.00. The van der Waals surface area contributed by atoms with E-state index < -0.39 is 155 Å². The molecule has 25 nitrogen and oxygen atoms in total. The molecule has 0 radical (unpaired) electrons. The number of carbonyl (C=O) groups excluding carboxylic acids is 11. The van der Waals surface area contributed by atoms with Crippen LogP contribution in [0.25, 0.3) is 0 Å². The van der Waals surface area contributed by atoms with Crippen LogP contribution >= 0.6 is 0 Å². The Bertz CT molecular complexity index is 2690. The van der Waals surface area contributed by atoms with Crippen molar-refractivity contribution >= 4 is 65.0 Å². The predicted octanol–water partition coefficient (Wildman–Crippen LogP) is 4.12. The minimum atomic E-state index is -1.66. The van der Waals surface area contributed by atoms with Crippen molar-refractivity contribution in [3.05, 3.63) is 24.0 Å². The van der Waals surface area contributed by atoms with Crippen LogP contribution in [0.5, 0.6) is 5.75 Å². The number of carbonyl (C=O) groups is 11. The van der Waals surface area contributed by atoms with E-state index in [4.69, 9.17) is 4.74 Å². The molecule has 25 heteroatoms. The van der Waals surface area contributed by atoms with E-state index >= 15 is 19.2 Å². The summed E-state index contributed by atoms with van der Waals surface area (Å²) in [5, 5.41) is 23.5. The third kappa shape index (κ3) is 22.6. The molecule has 0 unspecified atom stereocenters. The fraction of sp³-hybridized carbons (Fsp3) is 0.765. The molecule has 2 heterocycles. The minimum absolute atomic E-state index is 0.00192. The van der Waals surface area contributed by atoms with Gasteiger partial charge in [-0.15, -0.1) is 0 Å². The van der Waals surface area contributed by atoms with Crippen molar-refractivity contribution in [1.29, 1.82) is 0 Å². The van der Waals surface area contributed by atoms with E-state index in [1.165, 1.54) is 102 Å². The Morgan fingerprint density at radius 1 is 0.473 bits per heavy atom. The first-order chi connectivity index (χ1) is 43.1. The lowest BCUT2D eigenvalue weighted by molar-refractivity contribution is -0.157. The van der Waals surface area contributed by atoms with Crippen LogP contribution in [-0.4, -0.2) is 238 Å². The molecule has 0 saturated carbocycles. The first-order valence-corrected chi connectivity index (χ1v) is 33.3. The number of aliphatic hydroxyl groups excluding tert-OH is 1. The van der Waals surface area contributed by atoms with Crippen LogP contribution in [-0.2, 0) is 59.2 Å². The smallest absolute Gasteiger partial charge is 0.246 e. The third-order valence-corrected chi connectivity index (χ3v) is 18.0. The Hall–Kier alpha value is -6.92. The number of pyridine rings is 1. The maximum Gasteiger partial charge on any atom is 0.246 e. The zero-order valence-corrected chi connectivity index (χ0v) is 60.8. The number of aromatic nitrogens is 1. The largest absolute Gasteiger partial charge is 0.495 e. The molecule has 1 aliphatic heterocycles. The van der Waals surface area contributed by atoms with Gasteiger partial charge in [-0.1, -0.05) is 96.9 Å². The van der Waals surface area contributed by atoms with E-state index in [2.05, 4.69) is 26.3 Å². The zero-order valence-electron chi connectivity index (χ0n) is 60.8. The number of ether oxygens (including phenoxy) is 1. The lowest BCUT2D eigenvalue weighted by atomic mass is 9.90. The summed E-state index contributed by atoms with van der Waals surface area (Å²) in [5.41, 5.74) is 0.764. The van der Waals surface area contributed by atoms with Crippen LogP contribution in [0.3, 0.4) is 0 Å². The Labute approximate surface area is 555 Å². The van der Waals surface area contributed by atoms with E-state index in [0.29, 0.717) is 25.0 Å². The average Bonchev–Trinajstić information content (AvgIpc) is 0.849. The van der Waals surface area contributed by atoms with E-state index in [-0.39, 0.29) is 55.8 Å². The Balaban J connectivity index is 3.01.